The Kier molecular flexibility index (Phi) is 4.34. The summed E-state index contributed by atoms with van der Waals surface area (Å²) >= 11 is 0. The molecular weight excluding hydrogens is 262 g/mol. The van der Waals surface area contributed by atoms with Crippen LogP contribution in [-0.4, -0.2) is 22.1 Å². The molecule has 1 aliphatic carbocycles. The summed E-state index contributed by atoms with van der Waals surface area (Å²) in [6.07, 6.45) is 6.57. The second-order valence-corrected chi connectivity index (χ2v) is 6.15. The summed E-state index contributed by atoms with van der Waals surface area (Å²) < 4.78 is 1.82. The van der Waals surface area contributed by atoms with Gasteiger partial charge >= 0.3 is 0 Å². The minimum atomic E-state index is -0.0206. The number of hydrogen-bond donors (Lipinski definition) is 1. The molecule has 0 spiro atoms. The van der Waals surface area contributed by atoms with Gasteiger partial charge in [-0.3, -0.25) is 4.79 Å². The van der Waals surface area contributed by atoms with Crippen molar-refractivity contribution in [3.63, 3.8) is 0 Å². The van der Waals surface area contributed by atoms with Gasteiger partial charge in [-0.15, -0.1) is 0 Å². The third kappa shape index (κ3) is 3.32. The molecule has 1 saturated carbocycles. The van der Waals surface area contributed by atoms with Crippen LogP contribution in [0.4, 0.5) is 0 Å². The zero-order valence-corrected chi connectivity index (χ0v) is 12.6. The Morgan fingerprint density at radius 1 is 1.24 bits per heavy atom. The van der Waals surface area contributed by atoms with Crippen LogP contribution in [0, 0.1) is 5.92 Å². The third-order valence-corrected chi connectivity index (χ3v) is 4.54. The van der Waals surface area contributed by atoms with E-state index in [0.29, 0.717) is 12.6 Å². The summed E-state index contributed by atoms with van der Waals surface area (Å²) in [5.74, 6) is 0.870. The number of benzene rings is 1. The molecule has 4 heteroatoms. The number of rotatable bonds is 4. The predicted octanol–water partition coefficient (Wildman–Crippen LogP) is 2.56. The Morgan fingerprint density at radius 3 is 2.81 bits per heavy atom. The van der Waals surface area contributed by atoms with Crippen molar-refractivity contribution in [3.05, 3.63) is 40.8 Å². The first-order valence-electron chi connectivity index (χ1n) is 7.92. The van der Waals surface area contributed by atoms with E-state index in [-0.39, 0.29) is 5.56 Å². The molecule has 112 valence electrons. The Morgan fingerprint density at radius 2 is 2.00 bits per heavy atom. The van der Waals surface area contributed by atoms with Crippen LogP contribution in [0.25, 0.3) is 11.0 Å². The molecule has 1 N–H and O–H groups in total. The zero-order chi connectivity index (χ0) is 14.7. The van der Waals surface area contributed by atoms with Crippen molar-refractivity contribution >= 4 is 11.0 Å². The maximum Gasteiger partial charge on any atom is 0.269 e. The van der Waals surface area contributed by atoms with Gasteiger partial charge in [-0.2, -0.15) is 0 Å². The average molecular weight is 285 g/mol. The van der Waals surface area contributed by atoms with Gasteiger partial charge < -0.3 is 9.88 Å². The van der Waals surface area contributed by atoms with E-state index < -0.39 is 0 Å². The van der Waals surface area contributed by atoms with Gasteiger partial charge in [0, 0.05) is 19.1 Å². The molecule has 1 heterocycles. The molecule has 1 fully saturated rings. The van der Waals surface area contributed by atoms with E-state index in [1.54, 1.807) is 0 Å². The Hall–Kier alpha value is -1.68. The highest BCUT2D eigenvalue weighted by atomic mass is 16.1. The molecule has 2 aromatic rings. The topological polar surface area (TPSA) is 46.9 Å². The molecule has 0 amide bonds. The second-order valence-electron chi connectivity index (χ2n) is 6.15. The average Bonchev–Trinajstić information content (AvgIpc) is 2.51. The van der Waals surface area contributed by atoms with Gasteiger partial charge in [0.2, 0.25) is 0 Å². The fourth-order valence-electron chi connectivity index (χ4n) is 3.19. The highest BCUT2D eigenvalue weighted by molar-refractivity contribution is 5.74. The minimum Gasteiger partial charge on any atom is -0.312 e. The molecule has 0 radical (unpaired) electrons. The van der Waals surface area contributed by atoms with Gasteiger partial charge in [-0.05, 0) is 43.7 Å². The number of hydrogen-bond acceptors (Lipinski definition) is 3. The van der Waals surface area contributed by atoms with Gasteiger partial charge in [0.15, 0.2) is 0 Å². The lowest BCUT2D eigenvalue weighted by Gasteiger charge is -2.27. The Labute approximate surface area is 125 Å². The molecule has 1 aromatic heterocycles. The van der Waals surface area contributed by atoms with Gasteiger partial charge in [0.25, 0.3) is 5.56 Å². The van der Waals surface area contributed by atoms with Gasteiger partial charge in [-0.1, -0.05) is 19.1 Å². The van der Waals surface area contributed by atoms with E-state index >= 15 is 0 Å². The highest BCUT2D eigenvalue weighted by Gasteiger charge is 2.17. The van der Waals surface area contributed by atoms with Crippen LogP contribution in [0.15, 0.2) is 35.3 Å². The van der Waals surface area contributed by atoms with E-state index in [0.717, 1.165) is 23.5 Å². The summed E-state index contributed by atoms with van der Waals surface area (Å²) in [5, 5.41) is 3.60. The van der Waals surface area contributed by atoms with Crippen molar-refractivity contribution < 1.29 is 0 Å². The van der Waals surface area contributed by atoms with Gasteiger partial charge in [0.05, 0.1) is 17.2 Å². The first-order chi connectivity index (χ1) is 10.2. The predicted molar refractivity (Wildman–Crippen MR) is 85.4 cm³/mol. The van der Waals surface area contributed by atoms with Crippen molar-refractivity contribution in [2.75, 3.05) is 6.54 Å². The molecule has 1 aliphatic rings. The van der Waals surface area contributed by atoms with Crippen molar-refractivity contribution in [2.45, 2.75) is 45.2 Å². The first-order valence-corrected chi connectivity index (χ1v) is 7.92. The molecule has 0 atom stereocenters. The highest BCUT2D eigenvalue weighted by Crippen LogP contribution is 2.23. The van der Waals surface area contributed by atoms with Gasteiger partial charge in [-0.25, -0.2) is 4.98 Å². The van der Waals surface area contributed by atoms with Gasteiger partial charge in [0.1, 0.15) is 0 Å². The van der Waals surface area contributed by atoms with E-state index in [1.165, 1.54) is 31.9 Å². The molecule has 1 aromatic carbocycles. The monoisotopic (exact) mass is 285 g/mol. The van der Waals surface area contributed by atoms with Crippen molar-refractivity contribution in [2.24, 2.45) is 5.92 Å². The fourth-order valence-corrected chi connectivity index (χ4v) is 3.19. The Balaban J connectivity index is 1.65. The summed E-state index contributed by atoms with van der Waals surface area (Å²) in [6.45, 7) is 3.87. The third-order valence-electron chi connectivity index (χ3n) is 4.54. The largest absolute Gasteiger partial charge is 0.312 e. The van der Waals surface area contributed by atoms with E-state index in [2.05, 4.69) is 17.2 Å². The van der Waals surface area contributed by atoms with Crippen LogP contribution >= 0.6 is 0 Å². The maximum absolute atomic E-state index is 12.0. The second kappa shape index (κ2) is 6.39. The SMILES string of the molecule is CC1CCC(NCCn2c(=O)cnc3ccccc32)CC1. The maximum atomic E-state index is 12.0. The zero-order valence-electron chi connectivity index (χ0n) is 12.6. The number of nitrogens with one attached hydrogen (secondary N) is 1. The number of nitrogens with zero attached hydrogens (tertiary/aromatic N) is 2. The Bertz CT molecular complexity index is 656. The number of aromatic nitrogens is 2. The van der Waals surface area contributed by atoms with E-state index in [1.807, 2.05) is 28.8 Å². The summed E-state index contributed by atoms with van der Waals surface area (Å²) in [4.78, 5) is 16.2. The first kappa shape index (κ1) is 14.3. The smallest absolute Gasteiger partial charge is 0.269 e. The molecular formula is C17H23N3O. The normalized spacial score (nSPS) is 22.5. The minimum absolute atomic E-state index is 0.0206. The molecule has 0 aliphatic heterocycles. The number of fused-ring (bicyclic) bond motifs is 1. The van der Waals surface area contributed by atoms with E-state index in [9.17, 15) is 4.79 Å². The lowest BCUT2D eigenvalue weighted by molar-refractivity contribution is 0.305. The number of para-hydroxylation sites is 2. The van der Waals surface area contributed by atoms with E-state index in [4.69, 9.17) is 0 Å². The summed E-state index contributed by atoms with van der Waals surface area (Å²) in [7, 11) is 0. The summed E-state index contributed by atoms with van der Waals surface area (Å²) in [5.41, 5.74) is 1.78. The molecule has 21 heavy (non-hydrogen) atoms. The lowest BCUT2D eigenvalue weighted by atomic mass is 9.87. The standard InChI is InChI=1S/C17H23N3O/c1-13-6-8-14(9-7-13)18-10-11-20-16-5-3-2-4-15(16)19-12-17(20)21/h2-5,12-14,18H,6-11H2,1H3. The molecule has 0 unspecified atom stereocenters. The lowest BCUT2D eigenvalue weighted by Crippen LogP contribution is -2.36. The van der Waals surface area contributed by atoms with Crippen molar-refractivity contribution in [1.29, 1.82) is 0 Å². The molecule has 4 nitrogen and oxygen atoms in total. The molecule has 0 bridgehead atoms. The van der Waals surface area contributed by atoms with Crippen LogP contribution in [0.3, 0.4) is 0 Å². The van der Waals surface area contributed by atoms with Crippen LogP contribution < -0.4 is 10.9 Å². The molecule has 3 rings (SSSR count). The van der Waals surface area contributed by atoms with Crippen LogP contribution in [0.1, 0.15) is 32.6 Å². The van der Waals surface area contributed by atoms with Crippen LogP contribution in [0.5, 0.6) is 0 Å². The van der Waals surface area contributed by atoms with Crippen molar-refractivity contribution in [1.82, 2.24) is 14.9 Å². The fraction of sp³-hybridized carbons (Fsp3) is 0.529. The van der Waals surface area contributed by atoms with Crippen molar-refractivity contribution in [3.8, 4) is 0 Å². The van der Waals surface area contributed by atoms with Crippen LogP contribution in [-0.2, 0) is 6.54 Å². The molecule has 0 saturated heterocycles. The quantitative estimate of drug-likeness (QED) is 0.939. The summed E-state index contributed by atoms with van der Waals surface area (Å²) in [6, 6.07) is 8.43. The van der Waals surface area contributed by atoms with Crippen LogP contribution in [0.2, 0.25) is 0 Å².